The van der Waals surface area contributed by atoms with Crippen LogP contribution in [0.25, 0.3) is 10.2 Å². The Morgan fingerprint density at radius 2 is 2.15 bits per heavy atom. The van der Waals surface area contributed by atoms with Crippen molar-refractivity contribution in [3.63, 3.8) is 0 Å². The Balaban J connectivity index is 2.07. The molecule has 0 spiro atoms. The Hall–Kier alpha value is -2.25. The molecule has 0 radical (unpaired) electrons. The lowest BCUT2D eigenvalue weighted by molar-refractivity contribution is 0.0984. The molecule has 0 saturated carbocycles. The highest BCUT2D eigenvalue weighted by Crippen LogP contribution is 2.19. The topological polar surface area (TPSA) is 61.4 Å². The lowest BCUT2D eigenvalue weighted by atomic mass is 10.2. The number of hydrogen-bond acceptors (Lipinski definition) is 4. The van der Waals surface area contributed by atoms with Gasteiger partial charge in [-0.3, -0.25) is 9.48 Å². The maximum absolute atomic E-state index is 12.8. The van der Waals surface area contributed by atoms with Gasteiger partial charge >= 0.3 is 0 Å². The summed E-state index contributed by atoms with van der Waals surface area (Å²) in [6.45, 7) is 9.94. The summed E-state index contributed by atoms with van der Waals surface area (Å²) in [4.78, 5) is 17.9. The molecule has 0 unspecified atom stereocenters. The first-order chi connectivity index (χ1) is 12.5. The number of benzene rings is 1. The van der Waals surface area contributed by atoms with E-state index in [4.69, 9.17) is 4.74 Å². The monoisotopic (exact) mass is 372 g/mol. The first-order valence-electron chi connectivity index (χ1n) is 8.81. The number of carbonyl (C=O) groups excluding carboxylic acids is 1. The van der Waals surface area contributed by atoms with Gasteiger partial charge in [-0.15, -0.1) is 0 Å². The quantitative estimate of drug-likeness (QED) is 0.622. The average molecular weight is 372 g/mol. The molecule has 0 N–H and O–H groups in total. The molecular formula is C19H24N4O2S. The van der Waals surface area contributed by atoms with Crippen molar-refractivity contribution in [1.29, 1.82) is 0 Å². The number of ether oxygens (including phenoxy) is 1. The van der Waals surface area contributed by atoms with E-state index in [0.29, 0.717) is 30.3 Å². The summed E-state index contributed by atoms with van der Waals surface area (Å²) in [7, 11) is 0. The molecule has 0 aliphatic carbocycles. The van der Waals surface area contributed by atoms with Gasteiger partial charge in [0.1, 0.15) is 5.69 Å². The summed E-state index contributed by atoms with van der Waals surface area (Å²) < 4.78 is 10.4. The minimum atomic E-state index is -0.273. The summed E-state index contributed by atoms with van der Waals surface area (Å²) in [5, 5.41) is 4.23. The van der Waals surface area contributed by atoms with E-state index in [1.165, 1.54) is 16.9 Å². The zero-order valence-corrected chi connectivity index (χ0v) is 16.4. The predicted octanol–water partition coefficient (Wildman–Crippen LogP) is 3.57. The van der Waals surface area contributed by atoms with Gasteiger partial charge < -0.3 is 9.30 Å². The number of rotatable bonds is 6. The fourth-order valence-electron chi connectivity index (χ4n) is 2.82. The molecule has 2 heterocycles. The van der Waals surface area contributed by atoms with Gasteiger partial charge in [-0.1, -0.05) is 17.4 Å². The first kappa shape index (κ1) is 18.5. The summed E-state index contributed by atoms with van der Waals surface area (Å²) >= 11 is 1.53. The van der Waals surface area contributed by atoms with Crippen molar-refractivity contribution in [2.75, 3.05) is 13.2 Å². The van der Waals surface area contributed by atoms with E-state index in [9.17, 15) is 4.79 Å². The second-order valence-electron chi connectivity index (χ2n) is 6.38. The largest absolute Gasteiger partial charge is 0.380 e. The van der Waals surface area contributed by atoms with Crippen LogP contribution < -0.4 is 4.80 Å². The summed E-state index contributed by atoms with van der Waals surface area (Å²) in [5.41, 5.74) is 2.76. The Labute approximate surface area is 156 Å². The van der Waals surface area contributed by atoms with Gasteiger partial charge in [0, 0.05) is 25.4 Å². The van der Waals surface area contributed by atoms with Crippen molar-refractivity contribution in [3.8, 4) is 0 Å². The molecule has 6 nitrogen and oxygen atoms in total. The molecule has 7 heteroatoms. The number of aromatic nitrogens is 3. The van der Waals surface area contributed by atoms with Crippen LogP contribution in [0.4, 0.5) is 0 Å². The van der Waals surface area contributed by atoms with Crippen LogP contribution in [-0.2, 0) is 11.3 Å². The standard InChI is InChI=1S/C19H24N4O2S/c1-5-25-11-10-22-15-7-6-14(4)12-17(15)26-19(22)21-18(24)16-8-9-20-23(16)13(2)3/h6-9,12-13H,5,10-11H2,1-4H3. The second kappa shape index (κ2) is 7.97. The highest BCUT2D eigenvalue weighted by Gasteiger charge is 2.15. The highest BCUT2D eigenvalue weighted by molar-refractivity contribution is 7.16. The van der Waals surface area contributed by atoms with E-state index < -0.39 is 0 Å². The lowest BCUT2D eigenvalue weighted by Gasteiger charge is -2.08. The Morgan fingerprint density at radius 3 is 2.88 bits per heavy atom. The second-order valence-corrected chi connectivity index (χ2v) is 7.39. The Bertz CT molecular complexity index is 981. The van der Waals surface area contributed by atoms with Crippen molar-refractivity contribution >= 4 is 27.5 Å². The summed E-state index contributed by atoms with van der Waals surface area (Å²) in [6, 6.07) is 8.10. The van der Waals surface area contributed by atoms with Gasteiger partial charge in [-0.25, -0.2) is 0 Å². The molecule has 2 aromatic heterocycles. The van der Waals surface area contributed by atoms with Crippen LogP contribution in [0, 0.1) is 6.92 Å². The minimum Gasteiger partial charge on any atom is -0.380 e. The van der Waals surface area contributed by atoms with E-state index in [1.54, 1.807) is 16.9 Å². The molecule has 138 valence electrons. The average Bonchev–Trinajstić information content (AvgIpc) is 3.20. The van der Waals surface area contributed by atoms with E-state index >= 15 is 0 Å². The summed E-state index contributed by atoms with van der Waals surface area (Å²) in [6.07, 6.45) is 1.64. The number of aryl methyl sites for hydroxylation is 1. The number of carbonyl (C=O) groups is 1. The molecule has 0 aliphatic rings. The van der Waals surface area contributed by atoms with E-state index in [-0.39, 0.29) is 11.9 Å². The number of fused-ring (bicyclic) bond motifs is 1. The zero-order chi connectivity index (χ0) is 18.7. The van der Waals surface area contributed by atoms with Crippen LogP contribution in [0.15, 0.2) is 35.5 Å². The first-order valence-corrected chi connectivity index (χ1v) is 9.63. The Kier molecular flexibility index (Phi) is 5.68. The zero-order valence-electron chi connectivity index (χ0n) is 15.6. The third-order valence-corrected chi connectivity index (χ3v) is 5.12. The third-order valence-electron chi connectivity index (χ3n) is 4.08. The normalized spacial score (nSPS) is 12.4. The van der Waals surface area contributed by atoms with Gasteiger partial charge in [-0.2, -0.15) is 10.1 Å². The molecule has 3 aromatic rings. The van der Waals surface area contributed by atoms with Crippen LogP contribution in [0.2, 0.25) is 0 Å². The van der Waals surface area contributed by atoms with Gasteiger partial charge in [-0.05, 0) is 51.5 Å². The van der Waals surface area contributed by atoms with E-state index in [2.05, 4.69) is 39.8 Å². The molecule has 0 saturated heterocycles. The predicted molar refractivity (Wildman–Crippen MR) is 104 cm³/mol. The van der Waals surface area contributed by atoms with Crippen LogP contribution >= 0.6 is 11.3 Å². The van der Waals surface area contributed by atoms with Crippen molar-refractivity contribution in [2.24, 2.45) is 4.99 Å². The van der Waals surface area contributed by atoms with Gasteiger partial charge in [0.15, 0.2) is 4.80 Å². The third kappa shape index (κ3) is 3.78. The minimum absolute atomic E-state index is 0.106. The molecule has 26 heavy (non-hydrogen) atoms. The number of nitrogens with zero attached hydrogens (tertiary/aromatic N) is 4. The van der Waals surface area contributed by atoms with Crippen molar-refractivity contribution < 1.29 is 9.53 Å². The molecule has 0 fully saturated rings. The molecule has 3 rings (SSSR count). The number of amides is 1. The molecule has 0 atom stereocenters. The number of hydrogen-bond donors (Lipinski definition) is 0. The smallest absolute Gasteiger partial charge is 0.297 e. The summed E-state index contributed by atoms with van der Waals surface area (Å²) in [5.74, 6) is -0.273. The highest BCUT2D eigenvalue weighted by atomic mass is 32.1. The maximum Gasteiger partial charge on any atom is 0.297 e. The lowest BCUT2D eigenvalue weighted by Crippen LogP contribution is -2.21. The molecular weight excluding hydrogens is 348 g/mol. The molecule has 0 aliphatic heterocycles. The molecule has 0 bridgehead atoms. The maximum atomic E-state index is 12.8. The van der Waals surface area contributed by atoms with Crippen molar-refractivity contribution in [1.82, 2.24) is 14.3 Å². The SMILES string of the molecule is CCOCCn1c(=NC(=O)c2ccnn2C(C)C)sc2cc(C)ccc21. The molecule has 1 aromatic carbocycles. The van der Waals surface area contributed by atoms with Crippen LogP contribution in [-0.4, -0.2) is 33.5 Å². The van der Waals surface area contributed by atoms with E-state index in [0.717, 1.165) is 10.2 Å². The van der Waals surface area contributed by atoms with Gasteiger partial charge in [0.2, 0.25) is 0 Å². The van der Waals surface area contributed by atoms with Crippen LogP contribution in [0.5, 0.6) is 0 Å². The van der Waals surface area contributed by atoms with Gasteiger partial charge in [0.25, 0.3) is 5.91 Å². The van der Waals surface area contributed by atoms with Crippen molar-refractivity contribution in [3.05, 3.63) is 46.5 Å². The number of thiazole rings is 1. The fourth-order valence-corrected chi connectivity index (χ4v) is 3.97. The van der Waals surface area contributed by atoms with Gasteiger partial charge in [0.05, 0.1) is 16.8 Å². The van der Waals surface area contributed by atoms with E-state index in [1.807, 2.05) is 20.8 Å². The van der Waals surface area contributed by atoms with Crippen LogP contribution in [0.3, 0.4) is 0 Å². The Morgan fingerprint density at radius 1 is 1.35 bits per heavy atom. The van der Waals surface area contributed by atoms with Crippen LogP contribution in [0.1, 0.15) is 42.9 Å². The fraction of sp³-hybridized carbons (Fsp3) is 0.421. The van der Waals surface area contributed by atoms with Crippen molar-refractivity contribution in [2.45, 2.75) is 40.3 Å². The molecule has 1 amide bonds.